The average molecular weight is 400 g/mol. The van der Waals surface area contributed by atoms with Crippen molar-refractivity contribution in [1.82, 2.24) is 9.88 Å². The molecule has 7 heteroatoms. The maximum atomic E-state index is 13.4. The van der Waals surface area contributed by atoms with Gasteiger partial charge in [0.2, 0.25) is 0 Å². The van der Waals surface area contributed by atoms with Crippen LogP contribution in [-0.4, -0.2) is 53.7 Å². The summed E-state index contributed by atoms with van der Waals surface area (Å²) >= 11 is 0. The van der Waals surface area contributed by atoms with Crippen LogP contribution in [0.2, 0.25) is 0 Å². The molecule has 2 aromatic rings. The van der Waals surface area contributed by atoms with Gasteiger partial charge in [0.25, 0.3) is 0 Å². The molecule has 3 heterocycles. The van der Waals surface area contributed by atoms with Crippen molar-refractivity contribution in [3.05, 3.63) is 29.5 Å². The number of ether oxygens (including phenoxy) is 2. The number of aliphatic hydroxyl groups is 2. The van der Waals surface area contributed by atoms with Crippen molar-refractivity contribution >= 4 is 16.9 Å². The highest BCUT2D eigenvalue weighted by Gasteiger charge is 2.63. The Morgan fingerprint density at radius 1 is 1.38 bits per heavy atom. The fourth-order valence-corrected chi connectivity index (χ4v) is 6.30. The zero-order valence-corrected chi connectivity index (χ0v) is 17.0. The van der Waals surface area contributed by atoms with Crippen molar-refractivity contribution in [3.63, 3.8) is 0 Å². The number of esters is 1. The molecule has 3 aliphatic rings. The number of aliphatic hydroxyl groups excluding tert-OH is 2. The van der Waals surface area contributed by atoms with E-state index in [1.165, 1.54) is 7.11 Å². The van der Waals surface area contributed by atoms with Gasteiger partial charge >= 0.3 is 5.97 Å². The molecule has 6 atom stereocenters. The van der Waals surface area contributed by atoms with Crippen molar-refractivity contribution < 1.29 is 24.5 Å². The summed E-state index contributed by atoms with van der Waals surface area (Å²) in [6.07, 6.45) is 0.552. The third-order valence-corrected chi connectivity index (χ3v) is 7.45. The van der Waals surface area contributed by atoms with E-state index < -0.39 is 17.7 Å². The molecule has 29 heavy (non-hydrogen) atoms. The Labute approximate surface area is 169 Å². The van der Waals surface area contributed by atoms with Gasteiger partial charge in [0, 0.05) is 35.0 Å². The molecule has 156 valence electrons. The maximum Gasteiger partial charge on any atom is 0.319 e. The minimum atomic E-state index is -0.934. The van der Waals surface area contributed by atoms with Gasteiger partial charge in [-0.2, -0.15) is 0 Å². The Bertz CT molecular complexity index is 983. The van der Waals surface area contributed by atoms with E-state index in [1.54, 1.807) is 14.0 Å². The Balaban J connectivity index is 1.89. The van der Waals surface area contributed by atoms with Gasteiger partial charge in [0.05, 0.1) is 25.8 Å². The molecule has 1 fully saturated rings. The summed E-state index contributed by atoms with van der Waals surface area (Å²) in [5.41, 5.74) is 1.87. The predicted octanol–water partition coefficient (Wildman–Crippen LogP) is 1.49. The Kier molecular flexibility index (Phi) is 4.21. The summed E-state index contributed by atoms with van der Waals surface area (Å²) in [7, 11) is 3.05. The lowest BCUT2D eigenvalue weighted by molar-refractivity contribution is -0.160. The quantitative estimate of drug-likeness (QED) is 0.676. The average Bonchev–Trinajstić information content (AvgIpc) is 2.93. The van der Waals surface area contributed by atoms with Crippen LogP contribution in [0.5, 0.6) is 5.75 Å². The van der Waals surface area contributed by atoms with Gasteiger partial charge in [-0.05, 0) is 50.4 Å². The second-order valence-corrected chi connectivity index (χ2v) is 8.74. The zero-order chi connectivity index (χ0) is 20.5. The van der Waals surface area contributed by atoms with Crippen LogP contribution < -0.4 is 10.1 Å². The summed E-state index contributed by atoms with van der Waals surface area (Å²) in [6, 6.07) is 5.63. The van der Waals surface area contributed by atoms with E-state index in [1.807, 2.05) is 22.8 Å². The van der Waals surface area contributed by atoms with E-state index in [0.29, 0.717) is 25.1 Å². The molecule has 1 aromatic heterocycles. The molecule has 5 rings (SSSR count). The predicted molar refractivity (Wildman–Crippen MR) is 107 cm³/mol. The van der Waals surface area contributed by atoms with E-state index in [4.69, 9.17) is 9.47 Å². The lowest BCUT2D eigenvalue weighted by Crippen LogP contribution is -2.65. The molecule has 0 radical (unpaired) electrons. The minimum Gasteiger partial charge on any atom is -0.497 e. The van der Waals surface area contributed by atoms with Crippen LogP contribution in [0, 0.1) is 11.8 Å². The molecule has 3 N–H and O–H groups in total. The highest BCUT2D eigenvalue weighted by Crippen LogP contribution is 2.57. The van der Waals surface area contributed by atoms with Crippen LogP contribution in [0.1, 0.15) is 37.3 Å². The molecule has 1 saturated carbocycles. The number of nitrogens with one attached hydrogen (secondary N) is 1. The summed E-state index contributed by atoms with van der Waals surface area (Å²) < 4.78 is 12.7. The number of nitrogens with zero attached hydrogens (tertiary/aromatic N) is 1. The number of rotatable bonds is 3. The van der Waals surface area contributed by atoms with Crippen LogP contribution in [0.15, 0.2) is 18.2 Å². The van der Waals surface area contributed by atoms with Crippen LogP contribution in [0.25, 0.3) is 10.9 Å². The third kappa shape index (κ3) is 2.32. The number of carbonyl (C=O) groups is 1. The van der Waals surface area contributed by atoms with Crippen LogP contribution in [0.4, 0.5) is 0 Å². The van der Waals surface area contributed by atoms with Gasteiger partial charge in [-0.25, -0.2) is 0 Å². The number of methoxy groups -OCH3 is 2. The van der Waals surface area contributed by atoms with E-state index in [0.717, 1.165) is 28.6 Å². The van der Waals surface area contributed by atoms with Crippen LogP contribution in [0.3, 0.4) is 0 Å². The molecule has 2 bridgehead atoms. The van der Waals surface area contributed by atoms with Crippen LogP contribution in [-0.2, 0) is 21.4 Å². The lowest BCUT2D eigenvalue weighted by Gasteiger charge is -2.54. The molecule has 7 nitrogen and oxygen atoms in total. The number of fused-ring (bicyclic) bond motifs is 4. The summed E-state index contributed by atoms with van der Waals surface area (Å²) in [5.74, 6) is 0.131. The highest BCUT2D eigenvalue weighted by molar-refractivity contribution is 5.93. The SMILES string of the molecule is COC(=O)[C@@]12C[C@H]3C[C@@H]([C@H](C)O)[C@@H]1NCCc1c2n(c2cc(OC)ccc12)[C@H]3O. The Morgan fingerprint density at radius 3 is 2.86 bits per heavy atom. The fraction of sp³-hybridized carbons (Fsp3) is 0.591. The standard InChI is InChI=1S/C22H28N2O5/c1-11(25)16-8-12-10-22(21(27)29-3)18(16)23-7-6-15-14-5-4-13(28-2)9-17(14)24(19(15)22)20(12)26/h4-5,9,11-12,16,18,20,23,25-26H,6-8,10H2,1-3H3/t11-,12+,16-,18-,20-,22-/m0/s1. The summed E-state index contributed by atoms with van der Waals surface area (Å²) in [5, 5.41) is 26.6. The first-order valence-electron chi connectivity index (χ1n) is 10.3. The topological polar surface area (TPSA) is 93.0 Å². The molecule has 0 saturated heterocycles. The van der Waals surface area contributed by atoms with Crippen molar-refractivity contribution in [2.24, 2.45) is 11.8 Å². The Morgan fingerprint density at radius 2 is 2.17 bits per heavy atom. The normalized spacial score (nSPS) is 33.8. The second-order valence-electron chi connectivity index (χ2n) is 8.74. The van der Waals surface area contributed by atoms with E-state index >= 15 is 0 Å². The molecular weight excluding hydrogens is 372 g/mol. The van der Waals surface area contributed by atoms with E-state index in [2.05, 4.69) is 5.32 Å². The maximum absolute atomic E-state index is 13.4. The van der Waals surface area contributed by atoms with Crippen LogP contribution >= 0.6 is 0 Å². The monoisotopic (exact) mass is 400 g/mol. The van der Waals surface area contributed by atoms with Gasteiger partial charge in [-0.1, -0.05) is 0 Å². The molecule has 0 spiro atoms. The number of hydrogen-bond donors (Lipinski definition) is 3. The largest absolute Gasteiger partial charge is 0.497 e. The fourth-order valence-electron chi connectivity index (χ4n) is 6.30. The first-order valence-corrected chi connectivity index (χ1v) is 10.3. The lowest BCUT2D eigenvalue weighted by atomic mass is 9.57. The number of aromatic nitrogens is 1. The third-order valence-electron chi connectivity index (χ3n) is 7.45. The van der Waals surface area contributed by atoms with Gasteiger partial charge < -0.3 is 29.6 Å². The first kappa shape index (κ1) is 18.9. The van der Waals surface area contributed by atoms with Crippen molar-refractivity contribution in [1.29, 1.82) is 0 Å². The minimum absolute atomic E-state index is 0.144. The van der Waals surface area contributed by atoms with Gasteiger partial charge in [-0.3, -0.25) is 4.79 Å². The van der Waals surface area contributed by atoms with Gasteiger partial charge in [0.15, 0.2) is 0 Å². The molecule has 2 aliphatic heterocycles. The first-order chi connectivity index (χ1) is 13.9. The highest BCUT2D eigenvalue weighted by atomic mass is 16.5. The summed E-state index contributed by atoms with van der Waals surface area (Å²) in [4.78, 5) is 13.4. The molecule has 0 amide bonds. The van der Waals surface area contributed by atoms with Gasteiger partial charge in [0.1, 0.15) is 17.4 Å². The smallest absolute Gasteiger partial charge is 0.319 e. The van der Waals surface area contributed by atoms with Crippen molar-refractivity contribution in [2.75, 3.05) is 20.8 Å². The summed E-state index contributed by atoms with van der Waals surface area (Å²) in [6.45, 7) is 2.47. The van der Waals surface area contributed by atoms with E-state index in [-0.39, 0.29) is 23.8 Å². The van der Waals surface area contributed by atoms with E-state index in [9.17, 15) is 15.0 Å². The van der Waals surface area contributed by atoms with Crippen molar-refractivity contribution in [3.8, 4) is 5.75 Å². The van der Waals surface area contributed by atoms with Crippen molar-refractivity contribution in [2.45, 2.75) is 50.0 Å². The Hall–Kier alpha value is -2.09. The second kappa shape index (κ2) is 6.45. The molecule has 1 aromatic carbocycles. The zero-order valence-electron chi connectivity index (χ0n) is 17.0. The number of carbonyl (C=O) groups excluding carboxylic acids is 1. The van der Waals surface area contributed by atoms with Gasteiger partial charge in [-0.15, -0.1) is 0 Å². The molecular formula is C22H28N2O5. The molecule has 0 unspecified atom stereocenters. The molecule has 1 aliphatic carbocycles. The number of hydrogen-bond acceptors (Lipinski definition) is 6. The number of benzene rings is 1.